The molecule has 9 atom stereocenters. The fraction of sp³-hybridized carbons (Fsp3) is 0.611. The van der Waals surface area contributed by atoms with Crippen molar-refractivity contribution >= 4 is 35.6 Å². The molecule has 12 nitrogen and oxygen atoms in total. The molecule has 2 heterocycles. The van der Waals surface area contributed by atoms with E-state index in [4.69, 9.17) is 28.1 Å². The largest absolute Gasteiger partial charge is 0.472 e. The molecule has 2 bridgehead atoms. The molecule has 0 radical (unpaired) electrons. The van der Waals surface area contributed by atoms with E-state index >= 15 is 4.79 Å². The highest BCUT2D eigenvalue weighted by molar-refractivity contribution is 6.01. The van der Waals surface area contributed by atoms with Gasteiger partial charge in [0.15, 0.2) is 11.9 Å². The summed E-state index contributed by atoms with van der Waals surface area (Å²) in [5, 5.41) is 0. The number of esters is 5. The van der Waals surface area contributed by atoms with Crippen LogP contribution < -0.4 is 0 Å². The van der Waals surface area contributed by atoms with Crippen molar-refractivity contribution < 1.29 is 56.9 Å². The van der Waals surface area contributed by atoms with Crippen LogP contribution in [0.25, 0.3) is 0 Å². The average Bonchev–Trinajstić information content (AvgIpc) is 3.55. The molecule has 4 aliphatic rings. The number of furan rings is 1. The number of allylic oxidation sites excluding steroid dienone is 2. The molecule has 0 N–H and O–H groups in total. The third-order valence-corrected chi connectivity index (χ3v) is 11.4. The minimum atomic E-state index is -2.16. The maximum absolute atomic E-state index is 15.3. The minimum absolute atomic E-state index is 0.0336. The van der Waals surface area contributed by atoms with Gasteiger partial charge in [-0.15, -0.1) is 0 Å². The molecule has 1 aromatic rings. The summed E-state index contributed by atoms with van der Waals surface area (Å²) in [6.07, 6.45) is 3.28. The summed E-state index contributed by atoms with van der Waals surface area (Å²) in [4.78, 5) is 81.2. The van der Waals surface area contributed by atoms with Gasteiger partial charge in [-0.3, -0.25) is 19.2 Å². The lowest BCUT2D eigenvalue weighted by Gasteiger charge is -2.66. The lowest BCUT2D eigenvalue weighted by Crippen LogP contribution is -2.77. The van der Waals surface area contributed by atoms with Gasteiger partial charge in [-0.1, -0.05) is 39.3 Å². The Morgan fingerprint density at radius 3 is 2.27 bits per heavy atom. The molecule has 48 heavy (non-hydrogen) atoms. The second kappa shape index (κ2) is 12.0. The fourth-order valence-electron chi connectivity index (χ4n) is 9.40. The molecular formula is C36H44O12. The predicted octanol–water partition coefficient (Wildman–Crippen LogP) is 4.76. The molecule has 12 heteroatoms. The summed E-state index contributed by atoms with van der Waals surface area (Å²) in [7, 11) is 1.15. The molecule has 1 aromatic heterocycles. The van der Waals surface area contributed by atoms with Gasteiger partial charge in [-0.2, -0.15) is 0 Å². The van der Waals surface area contributed by atoms with Crippen molar-refractivity contribution in [3.63, 3.8) is 0 Å². The number of methoxy groups -OCH3 is 1. The van der Waals surface area contributed by atoms with Gasteiger partial charge >= 0.3 is 29.8 Å². The van der Waals surface area contributed by atoms with Crippen molar-refractivity contribution in [1.29, 1.82) is 0 Å². The highest BCUT2D eigenvalue weighted by atomic mass is 16.6. The summed E-state index contributed by atoms with van der Waals surface area (Å²) in [6.45, 7) is 12.6. The number of ether oxygens (including phenoxy) is 5. The molecule has 2 saturated carbocycles. The first kappa shape index (κ1) is 35.1. The van der Waals surface area contributed by atoms with Crippen LogP contribution >= 0.6 is 0 Å². The highest BCUT2D eigenvalue weighted by Crippen LogP contribution is 2.69. The maximum atomic E-state index is 15.3. The van der Waals surface area contributed by atoms with Gasteiger partial charge in [-0.25, -0.2) is 9.59 Å². The van der Waals surface area contributed by atoms with E-state index in [9.17, 15) is 24.0 Å². The van der Waals surface area contributed by atoms with E-state index in [0.717, 1.165) is 21.0 Å². The predicted molar refractivity (Wildman–Crippen MR) is 166 cm³/mol. The van der Waals surface area contributed by atoms with Crippen LogP contribution in [0.2, 0.25) is 0 Å². The minimum Gasteiger partial charge on any atom is -0.472 e. The van der Waals surface area contributed by atoms with E-state index < -0.39 is 93.5 Å². The number of rotatable bonds is 7. The summed E-state index contributed by atoms with van der Waals surface area (Å²) in [6, 6.07) is 1.74. The maximum Gasteiger partial charge on any atom is 0.347 e. The van der Waals surface area contributed by atoms with E-state index in [1.807, 2.05) is 6.92 Å². The summed E-state index contributed by atoms with van der Waals surface area (Å²) < 4.78 is 34.3. The number of carbonyl (C=O) groups is 6. The summed E-state index contributed by atoms with van der Waals surface area (Å²) in [5.74, 6) is -6.57. The zero-order valence-corrected chi connectivity index (χ0v) is 28.9. The van der Waals surface area contributed by atoms with Crippen LogP contribution in [-0.4, -0.2) is 60.5 Å². The van der Waals surface area contributed by atoms with Crippen molar-refractivity contribution in [1.82, 2.24) is 0 Å². The molecular weight excluding hydrogens is 624 g/mol. The molecule has 5 rings (SSSR count). The molecule has 1 aliphatic heterocycles. The Balaban J connectivity index is 1.84. The molecule has 0 amide bonds. The zero-order valence-electron chi connectivity index (χ0n) is 28.9. The van der Waals surface area contributed by atoms with Gasteiger partial charge < -0.3 is 28.1 Å². The van der Waals surface area contributed by atoms with E-state index in [0.29, 0.717) is 24.0 Å². The van der Waals surface area contributed by atoms with Crippen LogP contribution in [0.15, 0.2) is 46.3 Å². The quantitative estimate of drug-likeness (QED) is 0.170. The van der Waals surface area contributed by atoms with Crippen LogP contribution in [-0.2, 0) is 52.5 Å². The van der Waals surface area contributed by atoms with Gasteiger partial charge in [0.05, 0.1) is 26.1 Å². The molecule has 260 valence electrons. The Morgan fingerprint density at radius 2 is 1.71 bits per heavy atom. The normalized spacial score (nSPS) is 35.9. The first-order chi connectivity index (χ1) is 22.4. The van der Waals surface area contributed by atoms with Gasteiger partial charge in [0, 0.05) is 47.1 Å². The monoisotopic (exact) mass is 668 g/mol. The van der Waals surface area contributed by atoms with Gasteiger partial charge in [0.1, 0.15) is 6.10 Å². The lowest BCUT2D eigenvalue weighted by molar-refractivity contribution is -0.243. The van der Waals surface area contributed by atoms with E-state index in [2.05, 4.69) is 0 Å². The lowest BCUT2D eigenvalue weighted by atomic mass is 9.39. The summed E-state index contributed by atoms with van der Waals surface area (Å²) >= 11 is 0. The molecule has 3 aliphatic carbocycles. The first-order valence-corrected chi connectivity index (χ1v) is 16.2. The smallest absolute Gasteiger partial charge is 0.347 e. The molecule has 0 spiro atoms. The van der Waals surface area contributed by atoms with E-state index in [-0.39, 0.29) is 12.0 Å². The second-order valence-electron chi connectivity index (χ2n) is 14.5. The van der Waals surface area contributed by atoms with Gasteiger partial charge in [-0.05, 0) is 50.7 Å². The number of Topliss-reactive ketones (excluding diaryl/α,β-unsaturated/α-hetero) is 1. The van der Waals surface area contributed by atoms with Crippen LogP contribution in [0, 0.1) is 34.0 Å². The number of hydrogen-bond donors (Lipinski definition) is 0. The zero-order chi connectivity index (χ0) is 35.6. The molecule has 0 aromatic carbocycles. The van der Waals surface area contributed by atoms with Gasteiger partial charge in [0.2, 0.25) is 11.7 Å². The Kier molecular flexibility index (Phi) is 8.80. The van der Waals surface area contributed by atoms with Crippen LogP contribution in [0.3, 0.4) is 0 Å². The Hall–Kier alpha value is -4.22. The highest BCUT2D eigenvalue weighted by Gasteiger charge is 2.77. The SMILES string of the molecule is C/C=C(\C)C(=O)O[C@H]1C(C)(C)[C@H]([C@H](OC(C)=O)C(=O)OC)[C@]2(C)C(=O)[C@@]1(OC(C)=O)C=C1[C@@H]3CC(=O)O[C@@H](c4ccoc4)[C@]3(C)CC[C@@H]12. The average molecular weight is 669 g/mol. The van der Waals surface area contributed by atoms with E-state index in [1.165, 1.54) is 12.5 Å². The number of fused-ring (bicyclic) bond motifs is 6. The van der Waals surface area contributed by atoms with Crippen molar-refractivity contribution in [3.8, 4) is 0 Å². The molecule has 1 saturated heterocycles. The Morgan fingerprint density at radius 1 is 1.02 bits per heavy atom. The van der Waals surface area contributed by atoms with Crippen molar-refractivity contribution in [2.45, 2.75) is 98.6 Å². The van der Waals surface area contributed by atoms with E-state index in [1.54, 1.807) is 52.8 Å². The van der Waals surface area contributed by atoms with Crippen LogP contribution in [0.5, 0.6) is 0 Å². The standard InChI is InChI=1S/C36H44O12/c1-10-18(2)29(40)47-32-33(5,6)27(26(30(41)43-9)45-19(3)37)35(8)23-11-13-34(7)24(15-25(39)46-28(34)21-12-14-44-17-21)22(23)16-36(32,31(35)42)48-20(4)38/h10,12,14,16-17,23-24,26-28,32H,11,13,15H2,1-9H3/b18-10+/t23-,24-,26-,27-,28-,32-,34+,35+,36-/m0/s1. The van der Waals surface area contributed by atoms with Crippen molar-refractivity contribution in [2.75, 3.05) is 7.11 Å². The number of hydrogen-bond acceptors (Lipinski definition) is 12. The third-order valence-electron chi connectivity index (χ3n) is 11.4. The topological polar surface area (TPSA) is 162 Å². The first-order valence-electron chi connectivity index (χ1n) is 16.2. The summed E-state index contributed by atoms with van der Waals surface area (Å²) in [5.41, 5.74) is -4.19. The number of carbonyl (C=O) groups excluding carboxylic acids is 6. The third kappa shape index (κ3) is 5.09. The molecule has 0 unspecified atom stereocenters. The fourth-order valence-corrected chi connectivity index (χ4v) is 9.40. The molecule has 3 fully saturated rings. The van der Waals surface area contributed by atoms with Crippen molar-refractivity contribution in [3.05, 3.63) is 47.5 Å². The van der Waals surface area contributed by atoms with Crippen LogP contribution in [0.4, 0.5) is 0 Å². The number of cyclic esters (lactones) is 1. The van der Waals surface area contributed by atoms with Gasteiger partial charge in [0.25, 0.3) is 0 Å². The van der Waals surface area contributed by atoms with Crippen molar-refractivity contribution in [2.24, 2.45) is 34.0 Å². The van der Waals surface area contributed by atoms with Crippen LogP contribution in [0.1, 0.15) is 86.3 Å². The second-order valence-corrected chi connectivity index (χ2v) is 14.5. The Bertz CT molecular complexity index is 1600. The Labute approximate surface area is 279 Å². The number of ketones is 1.